The molecule has 5 heteroatoms. The zero-order chi connectivity index (χ0) is 12.4. The third-order valence-electron chi connectivity index (χ3n) is 3.10. The van der Waals surface area contributed by atoms with Gasteiger partial charge in [-0.25, -0.2) is 4.39 Å². The van der Waals surface area contributed by atoms with Crippen LogP contribution in [-0.2, 0) is 0 Å². The summed E-state index contributed by atoms with van der Waals surface area (Å²) in [5.74, 6) is -0.837. The molecule has 0 radical (unpaired) electrons. The average molecular weight is 238 g/mol. The van der Waals surface area contributed by atoms with E-state index in [0.29, 0.717) is 6.54 Å². The highest BCUT2D eigenvalue weighted by Gasteiger charge is 2.28. The van der Waals surface area contributed by atoms with Gasteiger partial charge in [0, 0.05) is 12.1 Å². The van der Waals surface area contributed by atoms with E-state index in [-0.39, 0.29) is 29.8 Å². The van der Waals surface area contributed by atoms with Crippen molar-refractivity contribution in [2.24, 2.45) is 0 Å². The summed E-state index contributed by atoms with van der Waals surface area (Å²) >= 11 is 0. The quantitative estimate of drug-likeness (QED) is 0.755. The van der Waals surface area contributed by atoms with Gasteiger partial charge in [0.1, 0.15) is 5.82 Å². The predicted molar refractivity (Wildman–Crippen MR) is 62.0 cm³/mol. The summed E-state index contributed by atoms with van der Waals surface area (Å²) in [4.78, 5) is 13.7. The smallest absolute Gasteiger partial charge is 0.254 e. The number of hydrogen-bond acceptors (Lipinski definition) is 3. The Balaban J connectivity index is 2.21. The van der Waals surface area contributed by atoms with Crippen LogP contribution in [0.15, 0.2) is 18.2 Å². The lowest BCUT2D eigenvalue weighted by Gasteiger charge is -2.23. The number of carbonyl (C=O) groups excluding carboxylic acids is 1. The monoisotopic (exact) mass is 238 g/mol. The SMILES string of the molecule is Nc1ccc(C(=O)N2CCC[C@H]2CO)cc1F. The molecule has 1 aliphatic heterocycles. The third-order valence-corrected chi connectivity index (χ3v) is 3.10. The fraction of sp³-hybridized carbons (Fsp3) is 0.417. The van der Waals surface area contributed by atoms with Crippen LogP contribution in [0, 0.1) is 5.82 Å². The summed E-state index contributed by atoms with van der Waals surface area (Å²) in [7, 11) is 0. The van der Waals surface area contributed by atoms with Crippen molar-refractivity contribution < 1.29 is 14.3 Å². The van der Waals surface area contributed by atoms with Gasteiger partial charge >= 0.3 is 0 Å². The number of likely N-dealkylation sites (tertiary alicyclic amines) is 1. The van der Waals surface area contributed by atoms with Gasteiger partial charge in [-0.2, -0.15) is 0 Å². The van der Waals surface area contributed by atoms with Crippen LogP contribution in [0.25, 0.3) is 0 Å². The van der Waals surface area contributed by atoms with Crippen LogP contribution in [0.2, 0.25) is 0 Å². The molecule has 0 spiro atoms. The van der Waals surface area contributed by atoms with Crippen LogP contribution in [-0.4, -0.2) is 35.1 Å². The molecule has 17 heavy (non-hydrogen) atoms. The van der Waals surface area contributed by atoms with E-state index in [0.717, 1.165) is 18.9 Å². The molecule has 92 valence electrons. The lowest BCUT2D eigenvalue weighted by atomic mass is 10.1. The molecule has 1 amide bonds. The first kappa shape index (κ1) is 11.9. The Morgan fingerprint density at radius 2 is 2.35 bits per heavy atom. The molecule has 3 N–H and O–H groups in total. The summed E-state index contributed by atoms with van der Waals surface area (Å²) < 4.78 is 13.3. The average Bonchev–Trinajstić information content (AvgIpc) is 2.80. The molecule has 0 aromatic heterocycles. The highest BCUT2D eigenvalue weighted by atomic mass is 19.1. The standard InChI is InChI=1S/C12H15FN2O2/c13-10-6-8(3-4-11(10)14)12(17)15-5-1-2-9(15)7-16/h3-4,6,9,16H,1-2,5,7,14H2/t9-/m0/s1. The first-order chi connectivity index (χ1) is 8.13. The van der Waals surface area contributed by atoms with E-state index in [1.165, 1.54) is 12.1 Å². The largest absolute Gasteiger partial charge is 0.396 e. The second-order valence-electron chi connectivity index (χ2n) is 4.21. The van der Waals surface area contributed by atoms with Crippen LogP contribution in [0.5, 0.6) is 0 Å². The summed E-state index contributed by atoms with van der Waals surface area (Å²) in [5.41, 5.74) is 5.66. The minimum Gasteiger partial charge on any atom is -0.396 e. The molecule has 1 atom stereocenters. The Morgan fingerprint density at radius 1 is 1.59 bits per heavy atom. The second kappa shape index (κ2) is 4.71. The number of carbonyl (C=O) groups is 1. The third kappa shape index (κ3) is 2.24. The number of nitrogen functional groups attached to an aromatic ring is 1. The number of rotatable bonds is 2. The molecule has 1 aromatic carbocycles. The van der Waals surface area contributed by atoms with Gasteiger partial charge in [-0.15, -0.1) is 0 Å². The van der Waals surface area contributed by atoms with Gasteiger partial charge in [0.2, 0.25) is 0 Å². The molecule has 2 rings (SSSR count). The lowest BCUT2D eigenvalue weighted by molar-refractivity contribution is 0.0677. The summed E-state index contributed by atoms with van der Waals surface area (Å²) in [5, 5.41) is 9.14. The number of benzene rings is 1. The van der Waals surface area contributed by atoms with E-state index in [4.69, 9.17) is 10.8 Å². The van der Waals surface area contributed by atoms with Crippen LogP contribution in [0.3, 0.4) is 0 Å². The highest BCUT2D eigenvalue weighted by Crippen LogP contribution is 2.21. The Hall–Kier alpha value is -1.62. The number of aliphatic hydroxyl groups is 1. The zero-order valence-corrected chi connectivity index (χ0v) is 9.40. The minimum atomic E-state index is -0.587. The lowest BCUT2D eigenvalue weighted by Crippen LogP contribution is -2.37. The molecular weight excluding hydrogens is 223 g/mol. The van der Waals surface area contributed by atoms with Crippen molar-refractivity contribution in [2.75, 3.05) is 18.9 Å². The predicted octanol–water partition coefficient (Wildman–Crippen LogP) is 1.00. The maximum Gasteiger partial charge on any atom is 0.254 e. The number of amides is 1. The van der Waals surface area contributed by atoms with Crippen molar-refractivity contribution in [2.45, 2.75) is 18.9 Å². The van der Waals surface area contributed by atoms with Crippen LogP contribution in [0.1, 0.15) is 23.2 Å². The van der Waals surface area contributed by atoms with Gasteiger partial charge in [0.15, 0.2) is 0 Å². The molecule has 0 saturated carbocycles. The van der Waals surface area contributed by atoms with Crippen molar-refractivity contribution in [3.8, 4) is 0 Å². The molecule has 0 bridgehead atoms. The number of nitrogens with two attached hydrogens (primary N) is 1. The minimum absolute atomic E-state index is 0.0293. The van der Waals surface area contributed by atoms with Crippen LogP contribution < -0.4 is 5.73 Å². The Labute approximate surface area is 98.8 Å². The molecule has 1 aromatic rings. The fourth-order valence-electron chi connectivity index (χ4n) is 2.12. The van der Waals surface area contributed by atoms with E-state index >= 15 is 0 Å². The van der Waals surface area contributed by atoms with Crippen molar-refractivity contribution in [3.63, 3.8) is 0 Å². The van der Waals surface area contributed by atoms with Gasteiger partial charge in [-0.3, -0.25) is 4.79 Å². The number of anilines is 1. The summed E-state index contributed by atoms with van der Waals surface area (Å²) in [6.07, 6.45) is 1.66. The highest BCUT2D eigenvalue weighted by molar-refractivity contribution is 5.95. The maximum absolute atomic E-state index is 13.3. The Kier molecular flexibility index (Phi) is 3.28. The van der Waals surface area contributed by atoms with E-state index in [2.05, 4.69) is 0 Å². The molecule has 0 aliphatic carbocycles. The van der Waals surface area contributed by atoms with Crippen LogP contribution in [0.4, 0.5) is 10.1 Å². The summed E-state index contributed by atoms with van der Waals surface area (Å²) in [6.45, 7) is 0.555. The van der Waals surface area contributed by atoms with E-state index in [1.54, 1.807) is 4.90 Å². The van der Waals surface area contributed by atoms with Gasteiger partial charge < -0.3 is 15.7 Å². The number of hydrogen-bond donors (Lipinski definition) is 2. The normalized spacial score (nSPS) is 19.6. The first-order valence-corrected chi connectivity index (χ1v) is 5.60. The number of halogens is 1. The topological polar surface area (TPSA) is 66.6 Å². The van der Waals surface area contributed by atoms with Crippen molar-refractivity contribution in [3.05, 3.63) is 29.6 Å². The Bertz CT molecular complexity index is 437. The summed E-state index contributed by atoms with van der Waals surface area (Å²) in [6, 6.07) is 3.88. The van der Waals surface area contributed by atoms with Gasteiger partial charge in [0.05, 0.1) is 18.3 Å². The van der Waals surface area contributed by atoms with Crippen molar-refractivity contribution in [1.29, 1.82) is 0 Å². The van der Waals surface area contributed by atoms with Gasteiger partial charge in [-0.05, 0) is 31.0 Å². The second-order valence-corrected chi connectivity index (χ2v) is 4.21. The molecule has 0 unspecified atom stereocenters. The molecule has 1 fully saturated rings. The molecule has 1 saturated heterocycles. The zero-order valence-electron chi connectivity index (χ0n) is 9.40. The van der Waals surface area contributed by atoms with Gasteiger partial charge in [-0.1, -0.05) is 0 Å². The van der Waals surface area contributed by atoms with Crippen molar-refractivity contribution in [1.82, 2.24) is 4.90 Å². The molecule has 1 heterocycles. The van der Waals surface area contributed by atoms with Crippen molar-refractivity contribution >= 4 is 11.6 Å². The van der Waals surface area contributed by atoms with E-state index in [9.17, 15) is 9.18 Å². The molecular formula is C12H15FN2O2. The Morgan fingerprint density at radius 3 is 3.00 bits per heavy atom. The number of nitrogens with zero attached hydrogens (tertiary/aromatic N) is 1. The maximum atomic E-state index is 13.3. The van der Waals surface area contributed by atoms with E-state index < -0.39 is 5.82 Å². The van der Waals surface area contributed by atoms with E-state index in [1.807, 2.05) is 0 Å². The molecule has 1 aliphatic rings. The van der Waals surface area contributed by atoms with Crippen LogP contribution >= 0.6 is 0 Å². The number of aliphatic hydroxyl groups excluding tert-OH is 1. The first-order valence-electron chi connectivity index (χ1n) is 5.60. The van der Waals surface area contributed by atoms with Gasteiger partial charge in [0.25, 0.3) is 5.91 Å². The fourth-order valence-corrected chi connectivity index (χ4v) is 2.12. The molecule has 4 nitrogen and oxygen atoms in total.